The number of benzene rings is 1. The summed E-state index contributed by atoms with van der Waals surface area (Å²) >= 11 is 0. The largest absolute Gasteiger partial charge is 0.465 e. The highest BCUT2D eigenvalue weighted by molar-refractivity contribution is 5.90. The topological polar surface area (TPSA) is 81.9 Å². The van der Waals surface area contributed by atoms with Crippen molar-refractivity contribution < 1.29 is 13.9 Å². The van der Waals surface area contributed by atoms with E-state index in [0.29, 0.717) is 11.6 Å². The Balaban J connectivity index is 1.89. The molecule has 0 spiro atoms. The van der Waals surface area contributed by atoms with Crippen LogP contribution in [0.2, 0.25) is 0 Å². The summed E-state index contributed by atoms with van der Waals surface area (Å²) in [6, 6.07) is 5.68. The second-order valence-corrected chi connectivity index (χ2v) is 4.98. The van der Waals surface area contributed by atoms with Crippen LogP contribution in [-0.4, -0.2) is 32.8 Å². The van der Waals surface area contributed by atoms with E-state index in [1.807, 2.05) is 0 Å². The quantitative estimate of drug-likeness (QED) is 0.742. The molecule has 24 heavy (non-hydrogen) atoms. The molecule has 1 N–H and O–H groups in total. The lowest BCUT2D eigenvalue weighted by molar-refractivity contribution is 0.0600. The maximum Gasteiger partial charge on any atom is 0.337 e. The van der Waals surface area contributed by atoms with Gasteiger partial charge < -0.3 is 10.1 Å². The summed E-state index contributed by atoms with van der Waals surface area (Å²) < 4.78 is 20.5. The third-order valence-corrected chi connectivity index (χ3v) is 3.28. The van der Waals surface area contributed by atoms with Gasteiger partial charge in [0.25, 0.3) is 0 Å². The molecular formula is C16H14FN5O2. The molecule has 2 heterocycles. The van der Waals surface area contributed by atoms with Gasteiger partial charge in [-0.25, -0.2) is 19.2 Å². The number of methoxy groups -OCH3 is 1. The van der Waals surface area contributed by atoms with Crippen LogP contribution in [0.4, 0.5) is 16.0 Å². The van der Waals surface area contributed by atoms with Crippen LogP contribution in [0.15, 0.2) is 42.9 Å². The molecule has 3 aromatic rings. The minimum atomic E-state index is -0.595. The van der Waals surface area contributed by atoms with Gasteiger partial charge in [-0.05, 0) is 24.3 Å². The first-order valence-corrected chi connectivity index (χ1v) is 7.04. The molecule has 0 saturated heterocycles. The first-order chi connectivity index (χ1) is 11.6. The number of halogens is 1. The maximum atomic E-state index is 14.3. The van der Waals surface area contributed by atoms with E-state index in [1.54, 1.807) is 30.2 Å². The highest BCUT2D eigenvalue weighted by Crippen LogP contribution is 2.23. The number of hydrogen-bond donors (Lipinski definition) is 1. The van der Waals surface area contributed by atoms with Crippen LogP contribution >= 0.6 is 0 Å². The van der Waals surface area contributed by atoms with Gasteiger partial charge in [-0.15, -0.1) is 0 Å². The lowest BCUT2D eigenvalue weighted by Crippen LogP contribution is -2.03. The minimum absolute atomic E-state index is 0.140. The number of rotatable bonds is 4. The van der Waals surface area contributed by atoms with E-state index in [9.17, 15) is 9.18 Å². The van der Waals surface area contributed by atoms with Crippen molar-refractivity contribution in [3.63, 3.8) is 0 Å². The number of ether oxygens (including phenoxy) is 1. The molecule has 0 fully saturated rings. The second kappa shape index (κ2) is 6.45. The Hall–Kier alpha value is -3.29. The van der Waals surface area contributed by atoms with E-state index in [1.165, 1.54) is 25.4 Å². The van der Waals surface area contributed by atoms with Crippen LogP contribution in [0.3, 0.4) is 0 Å². The summed E-state index contributed by atoms with van der Waals surface area (Å²) in [5.41, 5.74) is 1.52. The first kappa shape index (κ1) is 15.6. The zero-order chi connectivity index (χ0) is 17.1. The zero-order valence-corrected chi connectivity index (χ0v) is 13.0. The number of nitrogens with zero attached hydrogens (tertiary/aromatic N) is 4. The number of anilines is 2. The summed E-state index contributed by atoms with van der Waals surface area (Å²) in [5, 5.41) is 7.03. The van der Waals surface area contributed by atoms with Crippen molar-refractivity contribution in [1.82, 2.24) is 19.7 Å². The third kappa shape index (κ3) is 3.22. The Kier molecular flexibility index (Phi) is 4.19. The van der Waals surface area contributed by atoms with E-state index < -0.39 is 11.8 Å². The van der Waals surface area contributed by atoms with Crippen molar-refractivity contribution in [1.29, 1.82) is 0 Å². The molecule has 2 aromatic heterocycles. The van der Waals surface area contributed by atoms with E-state index in [0.717, 1.165) is 11.8 Å². The lowest BCUT2D eigenvalue weighted by atomic mass is 10.1. The van der Waals surface area contributed by atoms with Gasteiger partial charge in [0.05, 0.1) is 30.3 Å². The monoisotopic (exact) mass is 327 g/mol. The van der Waals surface area contributed by atoms with Gasteiger partial charge in [-0.3, -0.25) is 4.68 Å². The average Bonchev–Trinajstić information content (AvgIpc) is 2.99. The van der Waals surface area contributed by atoms with Crippen molar-refractivity contribution in [2.24, 2.45) is 7.05 Å². The zero-order valence-electron chi connectivity index (χ0n) is 13.0. The van der Waals surface area contributed by atoms with Crippen molar-refractivity contribution in [2.75, 3.05) is 12.4 Å². The first-order valence-electron chi connectivity index (χ1n) is 7.04. The SMILES string of the molecule is COC(=O)c1ccc(-c2ccnc(Nc3cnn(C)c3)n2)c(F)c1. The summed E-state index contributed by atoms with van der Waals surface area (Å²) in [4.78, 5) is 19.8. The van der Waals surface area contributed by atoms with E-state index in [4.69, 9.17) is 0 Å². The fourth-order valence-corrected chi connectivity index (χ4v) is 2.15. The Bertz CT molecular complexity index is 894. The third-order valence-electron chi connectivity index (χ3n) is 3.28. The van der Waals surface area contributed by atoms with Crippen LogP contribution in [0.25, 0.3) is 11.3 Å². The van der Waals surface area contributed by atoms with Crippen LogP contribution in [0, 0.1) is 5.82 Å². The average molecular weight is 327 g/mol. The number of esters is 1. The van der Waals surface area contributed by atoms with Crippen LogP contribution in [0.1, 0.15) is 10.4 Å². The van der Waals surface area contributed by atoms with Gasteiger partial charge in [-0.1, -0.05) is 0 Å². The summed E-state index contributed by atoms with van der Waals surface area (Å²) in [5.74, 6) is -0.844. The molecule has 0 bridgehead atoms. The lowest BCUT2D eigenvalue weighted by Gasteiger charge is -2.07. The number of carbonyl (C=O) groups is 1. The molecule has 0 atom stereocenters. The van der Waals surface area contributed by atoms with Gasteiger partial charge in [0.2, 0.25) is 5.95 Å². The normalized spacial score (nSPS) is 10.5. The molecule has 0 unspecified atom stereocenters. The van der Waals surface area contributed by atoms with Crippen molar-refractivity contribution in [3.05, 3.63) is 54.2 Å². The molecular weight excluding hydrogens is 313 g/mol. The maximum absolute atomic E-state index is 14.3. The molecule has 0 radical (unpaired) electrons. The molecule has 0 aliphatic rings. The Morgan fingerprint density at radius 2 is 2.17 bits per heavy atom. The van der Waals surface area contributed by atoms with E-state index in [-0.39, 0.29) is 11.1 Å². The van der Waals surface area contributed by atoms with Gasteiger partial charge >= 0.3 is 5.97 Å². The van der Waals surface area contributed by atoms with Gasteiger partial charge in [0.1, 0.15) is 5.82 Å². The molecule has 122 valence electrons. The van der Waals surface area contributed by atoms with Gasteiger partial charge in [0.15, 0.2) is 0 Å². The molecule has 0 aliphatic carbocycles. The fraction of sp³-hybridized carbons (Fsp3) is 0.125. The van der Waals surface area contributed by atoms with Crippen LogP contribution in [0.5, 0.6) is 0 Å². The number of hydrogen-bond acceptors (Lipinski definition) is 6. The number of aromatic nitrogens is 4. The number of nitrogens with one attached hydrogen (secondary N) is 1. The highest BCUT2D eigenvalue weighted by atomic mass is 19.1. The molecule has 3 rings (SSSR count). The Morgan fingerprint density at radius 3 is 2.83 bits per heavy atom. The fourth-order valence-electron chi connectivity index (χ4n) is 2.15. The van der Waals surface area contributed by atoms with Crippen LogP contribution < -0.4 is 5.32 Å². The van der Waals surface area contributed by atoms with Crippen molar-refractivity contribution in [3.8, 4) is 11.3 Å². The molecule has 0 saturated carbocycles. The summed E-state index contributed by atoms with van der Waals surface area (Å²) in [6.07, 6.45) is 4.91. The smallest absolute Gasteiger partial charge is 0.337 e. The predicted octanol–water partition coefficient (Wildman–Crippen LogP) is 2.55. The Labute approximate surface area is 137 Å². The van der Waals surface area contributed by atoms with Gasteiger partial charge in [-0.2, -0.15) is 5.10 Å². The molecule has 0 aliphatic heterocycles. The predicted molar refractivity (Wildman–Crippen MR) is 85.3 cm³/mol. The molecule has 7 nitrogen and oxygen atoms in total. The van der Waals surface area contributed by atoms with Crippen molar-refractivity contribution in [2.45, 2.75) is 0 Å². The number of aryl methyl sites for hydroxylation is 1. The molecule has 0 amide bonds. The highest BCUT2D eigenvalue weighted by Gasteiger charge is 2.13. The van der Waals surface area contributed by atoms with Crippen LogP contribution in [-0.2, 0) is 11.8 Å². The van der Waals surface area contributed by atoms with E-state index >= 15 is 0 Å². The minimum Gasteiger partial charge on any atom is -0.465 e. The molecule has 8 heteroatoms. The van der Waals surface area contributed by atoms with E-state index in [2.05, 4.69) is 25.1 Å². The number of carbonyl (C=O) groups excluding carboxylic acids is 1. The summed E-state index contributed by atoms with van der Waals surface area (Å²) in [7, 11) is 3.04. The summed E-state index contributed by atoms with van der Waals surface area (Å²) in [6.45, 7) is 0. The second-order valence-electron chi connectivity index (χ2n) is 4.98. The molecule has 1 aromatic carbocycles. The van der Waals surface area contributed by atoms with Gasteiger partial charge in [0, 0.05) is 25.0 Å². The Morgan fingerprint density at radius 1 is 1.33 bits per heavy atom. The standard InChI is InChI=1S/C16H14FN5O2/c1-22-9-11(8-19-22)20-16-18-6-5-14(21-16)12-4-3-10(7-13(12)17)15(23)24-2/h3-9H,1-2H3,(H,18,20,21). The van der Waals surface area contributed by atoms with Crippen molar-refractivity contribution >= 4 is 17.6 Å².